The molecular formula is C19H28N4O2. The van der Waals surface area contributed by atoms with Crippen molar-refractivity contribution in [3.63, 3.8) is 0 Å². The second kappa shape index (κ2) is 8.34. The van der Waals surface area contributed by atoms with E-state index in [1.54, 1.807) is 0 Å². The van der Waals surface area contributed by atoms with Crippen LogP contribution in [0, 0.1) is 5.92 Å². The van der Waals surface area contributed by atoms with E-state index >= 15 is 0 Å². The number of rotatable bonds is 5. The predicted octanol–water partition coefficient (Wildman–Crippen LogP) is 1.39. The van der Waals surface area contributed by atoms with Crippen LogP contribution in [0.4, 0.5) is 4.79 Å². The van der Waals surface area contributed by atoms with E-state index in [4.69, 9.17) is 5.73 Å². The average Bonchev–Trinajstić information content (AvgIpc) is 3.08. The highest BCUT2D eigenvalue weighted by molar-refractivity contribution is 5.78. The summed E-state index contributed by atoms with van der Waals surface area (Å²) >= 11 is 0. The van der Waals surface area contributed by atoms with Crippen LogP contribution in [0.3, 0.4) is 0 Å². The fourth-order valence-corrected chi connectivity index (χ4v) is 3.85. The summed E-state index contributed by atoms with van der Waals surface area (Å²) in [6.45, 7) is 2.34. The molecule has 1 aliphatic carbocycles. The Morgan fingerprint density at radius 3 is 2.80 bits per heavy atom. The molecule has 0 radical (unpaired) electrons. The number of nitrogens with one attached hydrogen (secondary N) is 2. The van der Waals surface area contributed by atoms with Gasteiger partial charge in [0.2, 0.25) is 5.91 Å². The Kier molecular flexibility index (Phi) is 5.91. The summed E-state index contributed by atoms with van der Waals surface area (Å²) in [6, 6.07) is 8.33. The van der Waals surface area contributed by atoms with Crippen LogP contribution in [-0.2, 0) is 17.8 Å². The largest absolute Gasteiger partial charge is 0.353 e. The molecular weight excluding hydrogens is 316 g/mol. The van der Waals surface area contributed by atoms with Crippen LogP contribution in [0.2, 0.25) is 0 Å². The number of hydrogen-bond acceptors (Lipinski definition) is 3. The number of fused-ring (bicyclic) bond motifs is 1. The minimum atomic E-state index is -0.0944. The number of carbonyl (C=O) groups is 2. The summed E-state index contributed by atoms with van der Waals surface area (Å²) < 4.78 is 0. The maximum absolute atomic E-state index is 12.3. The van der Waals surface area contributed by atoms with Gasteiger partial charge in [-0.2, -0.15) is 0 Å². The van der Waals surface area contributed by atoms with E-state index in [1.807, 2.05) is 17.0 Å². The fraction of sp³-hybridized carbons (Fsp3) is 0.579. The molecule has 1 aromatic carbocycles. The molecule has 0 saturated heterocycles. The molecule has 1 saturated carbocycles. The zero-order valence-corrected chi connectivity index (χ0v) is 14.7. The van der Waals surface area contributed by atoms with Crippen molar-refractivity contribution in [3.8, 4) is 0 Å². The maximum atomic E-state index is 12.3. The lowest BCUT2D eigenvalue weighted by Crippen LogP contribution is -2.44. The Morgan fingerprint density at radius 1 is 1.20 bits per heavy atom. The van der Waals surface area contributed by atoms with Crippen LogP contribution in [0.1, 0.15) is 36.8 Å². The van der Waals surface area contributed by atoms with E-state index in [0.29, 0.717) is 32.0 Å². The molecule has 0 aromatic heterocycles. The van der Waals surface area contributed by atoms with Crippen LogP contribution in [0.5, 0.6) is 0 Å². The highest BCUT2D eigenvalue weighted by atomic mass is 16.2. The third-order valence-corrected chi connectivity index (χ3v) is 5.35. The Morgan fingerprint density at radius 2 is 2.00 bits per heavy atom. The van der Waals surface area contributed by atoms with E-state index in [2.05, 4.69) is 22.8 Å². The van der Waals surface area contributed by atoms with Crippen LogP contribution in [-0.4, -0.2) is 42.5 Å². The maximum Gasteiger partial charge on any atom is 0.317 e. The molecule has 1 aliphatic heterocycles. The van der Waals surface area contributed by atoms with Gasteiger partial charge < -0.3 is 21.3 Å². The topological polar surface area (TPSA) is 87.5 Å². The number of urea groups is 1. The number of amides is 3. The van der Waals surface area contributed by atoms with Crippen molar-refractivity contribution >= 4 is 11.9 Å². The molecule has 136 valence electrons. The third kappa shape index (κ3) is 4.51. The summed E-state index contributed by atoms with van der Waals surface area (Å²) in [7, 11) is 0. The van der Waals surface area contributed by atoms with Crippen molar-refractivity contribution in [2.75, 3.05) is 19.6 Å². The quantitative estimate of drug-likeness (QED) is 0.754. The molecule has 2 aliphatic rings. The lowest BCUT2D eigenvalue weighted by molar-refractivity contribution is -0.121. The van der Waals surface area contributed by atoms with Crippen molar-refractivity contribution in [2.24, 2.45) is 11.7 Å². The molecule has 4 N–H and O–H groups in total. The van der Waals surface area contributed by atoms with Gasteiger partial charge in [0.05, 0.1) is 0 Å². The first kappa shape index (κ1) is 17.7. The van der Waals surface area contributed by atoms with Crippen LogP contribution in [0.25, 0.3) is 0 Å². The fourth-order valence-electron chi connectivity index (χ4n) is 3.85. The van der Waals surface area contributed by atoms with Gasteiger partial charge in [-0.1, -0.05) is 30.7 Å². The zero-order valence-electron chi connectivity index (χ0n) is 14.7. The van der Waals surface area contributed by atoms with Crippen molar-refractivity contribution in [3.05, 3.63) is 35.4 Å². The van der Waals surface area contributed by atoms with E-state index in [-0.39, 0.29) is 18.0 Å². The minimum absolute atomic E-state index is 0.00496. The van der Waals surface area contributed by atoms with Gasteiger partial charge in [-0.05, 0) is 42.9 Å². The summed E-state index contributed by atoms with van der Waals surface area (Å²) in [4.78, 5) is 26.2. The molecule has 3 amide bonds. The van der Waals surface area contributed by atoms with Crippen molar-refractivity contribution in [1.29, 1.82) is 0 Å². The number of benzene rings is 1. The van der Waals surface area contributed by atoms with Gasteiger partial charge in [-0.15, -0.1) is 0 Å². The molecule has 25 heavy (non-hydrogen) atoms. The van der Waals surface area contributed by atoms with Gasteiger partial charge >= 0.3 is 6.03 Å². The van der Waals surface area contributed by atoms with Crippen molar-refractivity contribution in [1.82, 2.24) is 15.5 Å². The Bertz CT molecular complexity index is 619. The second-order valence-corrected chi connectivity index (χ2v) is 7.02. The smallest absolute Gasteiger partial charge is 0.317 e. The number of hydrogen-bond donors (Lipinski definition) is 3. The van der Waals surface area contributed by atoms with E-state index in [9.17, 15) is 9.59 Å². The first-order valence-electron chi connectivity index (χ1n) is 9.26. The lowest BCUT2D eigenvalue weighted by atomic mass is 10.0. The minimum Gasteiger partial charge on any atom is -0.353 e. The first-order chi connectivity index (χ1) is 12.2. The Balaban J connectivity index is 1.39. The number of nitrogens with two attached hydrogens (primary N) is 1. The molecule has 2 unspecified atom stereocenters. The standard InChI is InChI=1S/C19H28N4O2/c20-12-15-6-3-7-17(15)22-18(24)8-10-21-19(25)23-11-9-14-4-1-2-5-16(14)13-23/h1-2,4-5,15,17H,3,6-13,20H2,(H,21,25)(H,22,24). The SMILES string of the molecule is NCC1CCCC1NC(=O)CCNC(=O)N1CCc2ccccc2C1. The van der Waals surface area contributed by atoms with Crippen LogP contribution < -0.4 is 16.4 Å². The Labute approximate surface area is 149 Å². The third-order valence-electron chi connectivity index (χ3n) is 5.35. The van der Waals surface area contributed by atoms with Crippen molar-refractivity contribution < 1.29 is 9.59 Å². The van der Waals surface area contributed by atoms with Gasteiger partial charge in [0.25, 0.3) is 0 Å². The van der Waals surface area contributed by atoms with Gasteiger partial charge in [0.1, 0.15) is 0 Å². The molecule has 0 bridgehead atoms. The van der Waals surface area contributed by atoms with Crippen LogP contribution in [0.15, 0.2) is 24.3 Å². The van der Waals surface area contributed by atoms with E-state index in [1.165, 1.54) is 11.1 Å². The van der Waals surface area contributed by atoms with Crippen molar-refractivity contribution in [2.45, 2.75) is 44.7 Å². The molecule has 3 rings (SSSR count). The Hall–Kier alpha value is -2.08. The lowest BCUT2D eigenvalue weighted by Gasteiger charge is -2.29. The molecule has 1 heterocycles. The monoisotopic (exact) mass is 344 g/mol. The normalized spacial score (nSPS) is 22.4. The van der Waals surface area contributed by atoms with Gasteiger partial charge in [0, 0.05) is 32.1 Å². The first-order valence-corrected chi connectivity index (χ1v) is 9.26. The van der Waals surface area contributed by atoms with Gasteiger partial charge in [-0.25, -0.2) is 4.79 Å². The second-order valence-electron chi connectivity index (χ2n) is 7.02. The summed E-state index contributed by atoms with van der Waals surface area (Å²) in [5, 5.41) is 5.93. The van der Waals surface area contributed by atoms with Crippen LogP contribution >= 0.6 is 0 Å². The summed E-state index contributed by atoms with van der Waals surface area (Å²) in [6.07, 6.45) is 4.41. The zero-order chi connectivity index (χ0) is 17.6. The number of nitrogens with zero attached hydrogens (tertiary/aromatic N) is 1. The van der Waals surface area contributed by atoms with Gasteiger partial charge in [-0.3, -0.25) is 4.79 Å². The molecule has 2 atom stereocenters. The molecule has 0 spiro atoms. The number of carbonyl (C=O) groups excluding carboxylic acids is 2. The molecule has 6 heteroatoms. The molecule has 6 nitrogen and oxygen atoms in total. The van der Waals surface area contributed by atoms with E-state index in [0.717, 1.165) is 32.2 Å². The molecule has 1 fully saturated rings. The highest BCUT2D eigenvalue weighted by Crippen LogP contribution is 2.24. The average molecular weight is 344 g/mol. The summed E-state index contributed by atoms with van der Waals surface area (Å²) in [5.74, 6) is 0.390. The predicted molar refractivity (Wildman–Crippen MR) is 96.9 cm³/mol. The highest BCUT2D eigenvalue weighted by Gasteiger charge is 2.27. The summed E-state index contributed by atoms with van der Waals surface area (Å²) in [5.41, 5.74) is 8.26. The van der Waals surface area contributed by atoms with E-state index < -0.39 is 0 Å². The van der Waals surface area contributed by atoms with Gasteiger partial charge in [0.15, 0.2) is 0 Å². The molecule has 1 aromatic rings.